The summed E-state index contributed by atoms with van der Waals surface area (Å²) in [5.41, 5.74) is 10.1. The van der Waals surface area contributed by atoms with Gasteiger partial charge in [0, 0.05) is 43.8 Å². The lowest BCUT2D eigenvalue weighted by Gasteiger charge is -2.09. The molecule has 10 rings (SSSR count). The zero-order chi connectivity index (χ0) is 33.0. The van der Waals surface area contributed by atoms with Crippen LogP contribution in [0.4, 0.5) is 0 Å². The Labute approximate surface area is 287 Å². The highest BCUT2D eigenvalue weighted by Crippen LogP contribution is 2.45. The second-order valence-electron chi connectivity index (χ2n) is 12.3. The van der Waals surface area contributed by atoms with Gasteiger partial charge in [0.05, 0.1) is 5.56 Å². The summed E-state index contributed by atoms with van der Waals surface area (Å²) in [4.78, 5) is 14.9. The minimum atomic E-state index is 0.555. The maximum atomic E-state index is 6.94. The zero-order valence-electron chi connectivity index (χ0n) is 26.7. The van der Waals surface area contributed by atoms with Gasteiger partial charge in [0.25, 0.3) is 0 Å². The van der Waals surface area contributed by atoms with Crippen molar-refractivity contribution in [2.75, 3.05) is 0 Å². The molecule has 0 spiro atoms. The average Bonchev–Trinajstić information content (AvgIpc) is 3.78. The van der Waals surface area contributed by atoms with Crippen LogP contribution >= 0.6 is 0 Å². The molecule has 234 valence electrons. The number of fused-ring (bicyclic) bond motifs is 6. The second-order valence-corrected chi connectivity index (χ2v) is 12.3. The molecule has 5 heteroatoms. The summed E-state index contributed by atoms with van der Waals surface area (Å²) in [6.45, 7) is 0. The standard InChI is InChI=1S/C45H27N3O2/c1-4-14-28(15-5-1)31-26-27-32(39-36-20-10-11-25-38(36)49-42(31)39)33-21-12-22-34-35-23-13-24-37(41(35)50-40(33)34)45-47-43(29-16-6-2-7-17-29)46-44(48-45)30-18-8-3-9-19-30/h1-27H. The van der Waals surface area contributed by atoms with Crippen molar-refractivity contribution in [2.24, 2.45) is 0 Å². The predicted octanol–water partition coefficient (Wildman–Crippen LogP) is 12.0. The molecule has 0 amide bonds. The predicted molar refractivity (Wildman–Crippen MR) is 202 cm³/mol. The number of para-hydroxylation sites is 3. The molecule has 10 aromatic rings. The van der Waals surface area contributed by atoms with E-state index in [0.29, 0.717) is 17.5 Å². The lowest BCUT2D eigenvalue weighted by molar-refractivity contribution is 0.669. The molecule has 0 aliphatic rings. The lowest BCUT2D eigenvalue weighted by Crippen LogP contribution is -2.00. The van der Waals surface area contributed by atoms with Gasteiger partial charge in [0.1, 0.15) is 22.3 Å². The summed E-state index contributed by atoms with van der Waals surface area (Å²) in [5, 5.41) is 4.15. The van der Waals surface area contributed by atoms with Crippen LogP contribution in [-0.2, 0) is 0 Å². The smallest absolute Gasteiger partial charge is 0.167 e. The van der Waals surface area contributed by atoms with Crippen LogP contribution in [0.15, 0.2) is 173 Å². The second kappa shape index (κ2) is 11.4. The summed E-state index contributed by atoms with van der Waals surface area (Å²) in [6.07, 6.45) is 0. The van der Waals surface area contributed by atoms with Crippen molar-refractivity contribution >= 4 is 43.9 Å². The molecule has 50 heavy (non-hydrogen) atoms. The van der Waals surface area contributed by atoms with Gasteiger partial charge in [-0.25, -0.2) is 15.0 Å². The molecule has 0 aliphatic carbocycles. The minimum absolute atomic E-state index is 0.555. The molecule has 0 bridgehead atoms. The van der Waals surface area contributed by atoms with Crippen molar-refractivity contribution in [1.82, 2.24) is 15.0 Å². The maximum Gasteiger partial charge on any atom is 0.167 e. The first-order valence-corrected chi connectivity index (χ1v) is 16.6. The Morgan fingerprint density at radius 2 is 0.800 bits per heavy atom. The van der Waals surface area contributed by atoms with E-state index in [1.807, 2.05) is 91.0 Å². The molecule has 7 aromatic carbocycles. The number of aromatic nitrogens is 3. The number of benzene rings is 7. The number of hydrogen-bond acceptors (Lipinski definition) is 5. The van der Waals surface area contributed by atoms with Crippen molar-refractivity contribution in [1.29, 1.82) is 0 Å². The monoisotopic (exact) mass is 641 g/mol. The normalized spacial score (nSPS) is 11.6. The fourth-order valence-electron chi connectivity index (χ4n) is 7.04. The van der Waals surface area contributed by atoms with Gasteiger partial charge in [-0.15, -0.1) is 0 Å². The number of hydrogen-bond donors (Lipinski definition) is 0. The third kappa shape index (κ3) is 4.52. The van der Waals surface area contributed by atoms with Crippen molar-refractivity contribution in [3.63, 3.8) is 0 Å². The van der Waals surface area contributed by atoms with Gasteiger partial charge in [-0.3, -0.25) is 0 Å². The van der Waals surface area contributed by atoms with Gasteiger partial charge < -0.3 is 8.83 Å². The Bertz CT molecular complexity index is 2800. The lowest BCUT2D eigenvalue weighted by atomic mass is 9.94. The average molecular weight is 642 g/mol. The third-order valence-electron chi connectivity index (χ3n) is 9.37. The van der Waals surface area contributed by atoms with Gasteiger partial charge in [0.2, 0.25) is 0 Å². The summed E-state index contributed by atoms with van der Waals surface area (Å²) < 4.78 is 13.5. The molecule has 0 saturated heterocycles. The van der Waals surface area contributed by atoms with E-state index in [4.69, 9.17) is 23.8 Å². The van der Waals surface area contributed by atoms with Crippen molar-refractivity contribution in [2.45, 2.75) is 0 Å². The fourth-order valence-corrected chi connectivity index (χ4v) is 7.04. The number of rotatable bonds is 5. The van der Waals surface area contributed by atoms with Crippen LogP contribution in [0.5, 0.6) is 0 Å². The van der Waals surface area contributed by atoms with Crippen molar-refractivity contribution < 1.29 is 8.83 Å². The van der Waals surface area contributed by atoms with Crippen LogP contribution in [0.2, 0.25) is 0 Å². The summed E-state index contributed by atoms with van der Waals surface area (Å²) in [5.74, 6) is 1.77. The van der Waals surface area contributed by atoms with Crippen LogP contribution in [0.3, 0.4) is 0 Å². The Hall–Kier alpha value is -6.85. The maximum absolute atomic E-state index is 6.94. The van der Waals surface area contributed by atoms with Crippen molar-refractivity contribution in [3.8, 4) is 56.4 Å². The summed E-state index contributed by atoms with van der Waals surface area (Å²) in [6, 6.07) is 55.6. The molecule has 0 saturated carbocycles. The first-order valence-electron chi connectivity index (χ1n) is 16.6. The molecular formula is C45H27N3O2. The highest BCUT2D eigenvalue weighted by Gasteiger charge is 2.22. The molecular weight excluding hydrogens is 615 g/mol. The molecule has 0 radical (unpaired) electrons. The van der Waals surface area contributed by atoms with Gasteiger partial charge in [0.15, 0.2) is 17.5 Å². The van der Waals surface area contributed by atoms with E-state index >= 15 is 0 Å². The van der Waals surface area contributed by atoms with E-state index in [-0.39, 0.29) is 0 Å². The minimum Gasteiger partial charge on any atom is -0.455 e. The van der Waals surface area contributed by atoms with Crippen LogP contribution < -0.4 is 0 Å². The Morgan fingerprint density at radius 1 is 0.300 bits per heavy atom. The van der Waals surface area contributed by atoms with Gasteiger partial charge in [-0.05, 0) is 29.3 Å². The summed E-state index contributed by atoms with van der Waals surface area (Å²) in [7, 11) is 0. The molecule has 3 aromatic heterocycles. The van der Waals surface area contributed by atoms with E-state index in [9.17, 15) is 0 Å². The third-order valence-corrected chi connectivity index (χ3v) is 9.37. The van der Waals surface area contributed by atoms with Gasteiger partial charge in [-0.2, -0.15) is 0 Å². The van der Waals surface area contributed by atoms with Gasteiger partial charge >= 0.3 is 0 Å². The van der Waals surface area contributed by atoms with E-state index in [1.165, 1.54) is 0 Å². The van der Waals surface area contributed by atoms with Gasteiger partial charge in [-0.1, -0.05) is 146 Å². The Balaban J connectivity index is 1.22. The SMILES string of the molecule is c1ccc(-c2nc(-c3ccccc3)nc(-c3cccc4c3oc3c(-c5ccc(-c6ccccc6)c6oc7ccccc7c56)cccc34)n2)cc1. The van der Waals surface area contributed by atoms with E-state index in [0.717, 1.165) is 82.8 Å². The van der Waals surface area contributed by atoms with E-state index in [2.05, 4.69) is 72.8 Å². The van der Waals surface area contributed by atoms with Crippen LogP contribution in [0.1, 0.15) is 0 Å². The Morgan fingerprint density at radius 3 is 1.46 bits per heavy atom. The largest absolute Gasteiger partial charge is 0.455 e. The molecule has 5 nitrogen and oxygen atoms in total. The van der Waals surface area contributed by atoms with Crippen molar-refractivity contribution in [3.05, 3.63) is 164 Å². The Kier molecular flexibility index (Phi) is 6.42. The van der Waals surface area contributed by atoms with Crippen LogP contribution in [0.25, 0.3) is 100 Å². The molecule has 0 aliphatic heterocycles. The number of nitrogens with zero attached hydrogens (tertiary/aromatic N) is 3. The molecule has 0 N–H and O–H groups in total. The quantitative estimate of drug-likeness (QED) is 0.187. The summed E-state index contributed by atoms with van der Waals surface area (Å²) >= 11 is 0. The van der Waals surface area contributed by atoms with E-state index < -0.39 is 0 Å². The first-order chi connectivity index (χ1) is 24.8. The van der Waals surface area contributed by atoms with Crippen LogP contribution in [-0.4, -0.2) is 15.0 Å². The van der Waals surface area contributed by atoms with Crippen LogP contribution in [0, 0.1) is 0 Å². The molecule has 0 atom stereocenters. The zero-order valence-corrected chi connectivity index (χ0v) is 26.7. The molecule has 0 fully saturated rings. The molecule has 3 heterocycles. The molecule has 0 unspecified atom stereocenters. The first kappa shape index (κ1) is 28.2. The topological polar surface area (TPSA) is 65.0 Å². The van der Waals surface area contributed by atoms with E-state index in [1.54, 1.807) is 0 Å². The fraction of sp³-hybridized carbons (Fsp3) is 0. The number of furan rings is 2. The highest BCUT2D eigenvalue weighted by molar-refractivity contribution is 6.20. The highest BCUT2D eigenvalue weighted by atomic mass is 16.3.